The zero-order chi connectivity index (χ0) is 12.1. The Labute approximate surface area is 99.5 Å². The van der Waals surface area contributed by atoms with E-state index in [0.29, 0.717) is 30.3 Å². The van der Waals surface area contributed by atoms with Crippen molar-refractivity contribution in [3.05, 3.63) is 12.2 Å². The van der Waals surface area contributed by atoms with Crippen LogP contribution < -0.4 is 5.32 Å². The van der Waals surface area contributed by atoms with Crippen molar-refractivity contribution in [1.82, 2.24) is 5.32 Å². The topological polar surface area (TPSA) is 29.1 Å². The van der Waals surface area contributed by atoms with Crippen molar-refractivity contribution in [2.24, 2.45) is 11.8 Å². The highest BCUT2D eigenvalue weighted by Crippen LogP contribution is 2.21. The molecule has 1 fully saturated rings. The number of rotatable bonds is 4. The van der Waals surface area contributed by atoms with Gasteiger partial charge in [0, 0.05) is 18.5 Å². The van der Waals surface area contributed by atoms with Crippen molar-refractivity contribution in [2.45, 2.75) is 59.0 Å². The molecule has 0 aromatic rings. The summed E-state index contributed by atoms with van der Waals surface area (Å²) in [5.41, 5.74) is 0. The van der Waals surface area contributed by atoms with E-state index < -0.39 is 0 Å². The Morgan fingerprint density at radius 3 is 2.69 bits per heavy atom. The summed E-state index contributed by atoms with van der Waals surface area (Å²) < 4.78 is 0. The average molecular weight is 223 g/mol. The predicted octanol–water partition coefficient (Wildman–Crippen LogP) is 2.93. The molecule has 1 rings (SSSR count). The lowest BCUT2D eigenvalue weighted by Crippen LogP contribution is -2.46. The van der Waals surface area contributed by atoms with E-state index in [0.717, 1.165) is 0 Å². The lowest BCUT2D eigenvalue weighted by molar-refractivity contribution is -0.115. The zero-order valence-electron chi connectivity index (χ0n) is 11.0. The Morgan fingerprint density at radius 1 is 1.38 bits per heavy atom. The minimum absolute atomic E-state index is 0.257. The van der Waals surface area contributed by atoms with Crippen LogP contribution in [-0.4, -0.2) is 17.9 Å². The Hall–Kier alpha value is -0.630. The molecule has 0 aromatic heterocycles. The van der Waals surface area contributed by atoms with Crippen LogP contribution in [0, 0.1) is 11.8 Å². The molecule has 0 aliphatic carbocycles. The number of hydrogen-bond donors (Lipinski definition) is 1. The van der Waals surface area contributed by atoms with Crippen molar-refractivity contribution >= 4 is 5.78 Å². The molecule has 1 N–H and O–H groups in total. The second-order valence-electron chi connectivity index (χ2n) is 5.50. The fraction of sp³-hybridized carbons (Fsp3) is 0.786. The van der Waals surface area contributed by atoms with Gasteiger partial charge < -0.3 is 5.32 Å². The van der Waals surface area contributed by atoms with Gasteiger partial charge in [0.25, 0.3) is 0 Å². The molecule has 1 saturated heterocycles. The molecule has 0 saturated carbocycles. The van der Waals surface area contributed by atoms with Gasteiger partial charge in [0.15, 0.2) is 5.78 Å². The molecule has 2 nitrogen and oxygen atoms in total. The highest BCUT2D eigenvalue weighted by atomic mass is 16.1. The van der Waals surface area contributed by atoms with Crippen LogP contribution >= 0.6 is 0 Å². The van der Waals surface area contributed by atoms with Crippen molar-refractivity contribution in [3.63, 3.8) is 0 Å². The smallest absolute Gasteiger partial charge is 0.156 e. The first kappa shape index (κ1) is 13.4. The first-order valence-corrected chi connectivity index (χ1v) is 6.46. The summed E-state index contributed by atoms with van der Waals surface area (Å²) in [5.74, 6) is 1.33. The molecule has 2 heteroatoms. The van der Waals surface area contributed by atoms with E-state index in [9.17, 15) is 4.79 Å². The molecule has 16 heavy (non-hydrogen) atoms. The second-order valence-corrected chi connectivity index (χ2v) is 5.50. The molecule has 1 heterocycles. The number of hydrogen-bond acceptors (Lipinski definition) is 2. The highest BCUT2D eigenvalue weighted by molar-refractivity contribution is 5.90. The Morgan fingerprint density at radius 2 is 2.06 bits per heavy atom. The van der Waals surface area contributed by atoms with Gasteiger partial charge in [-0.1, -0.05) is 26.8 Å². The molecule has 1 aliphatic heterocycles. The monoisotopic (exact) mass is 223 g/mol. The molecule has 0 unspecified atom stereocenters. The molecule has 3 atom stereocenters. The third-order valence-corrected chi connectivity index (χ3v) is 3.33. The fourth-order valence-electron chi connectivity index (χ4n) is 2.17. The summed E-state index contributed by atoms with van der Waals surface area (Å²) in [5, 5.41) is 3.53. The van der Waals surface area contributed by atoms with E-state index in [2.05, 4.69) is 33.0 Å². The average Bonchev–Trinajstić information content (AvgIpc) is 2.20. The van der Waals surface area contributed by atoms with E-state index in [1.165, 1.54) is 12.8 Å². The fourth-order valence-corrected chi connectivity index (χ4v) is 2.17. The van der Waals surface area contributed by atoms with Crippen LogP contribution in [0.15, 0.2) is 12.2 Å². The lowest BCUT2D eigenvalue weighted by atomic mass is 9.86. The molecule has 1 aliphatic rings. The first-order valence-electron chi connectivity index (χ1n) is 6.46. The summed E-state index contributed by atoms with van der Waals surface area (Å²) in [6.45, 7) is 8.62. The second kappa shape index (κ2) is 6.19. The minimum atomic E-state index is 0.257. The van der Waals surface area contributed by atoms with Crippen LogP contribution in [0.1, 0.15) is 47.0 Å². The van der Waals surface area contributed by atoms with E-state index in [1.807, 2.05) is 6.08 Å². The number of nitrogens with one attached hydrogen (secondary N) is 1. The van der Waals surface area contributed by atoms with Crippen LogP contribution in [0.25, 0.3) is 0 Å². The van der Waals surface area contributed by atoms with Gasteiger partial charge in [-0.05, 0) is 37.7 Å². The molecule has 0 aromatic carbocycles. The Kier molecular flexibility index (Phi) is 5.20. The maximum absolute atomic E-state index is 11.7. The van der Waals surface area contributed by atoms with Gasteiger partial charge in [-0.15, -0.1) is 0 Å². The van der Waals surface area contributed by atoms with Crippen LogP contribution in [0.4, 0.5) is 0 Å². The molecular formula is C14H25NO. The third kappa shape index (κ3) is 4.48. The van der Waals surface area contributed by atoms with E-state index >= 15 is 0 Å². The highest BCUT2D eigenvalue weighted by Gasteiger charge is 2.25. The van der Waals surface area contributed by atoms with Crippen molar-refractivity contribution < 1.29 is 4.79 Å². The predicted molar refractivity (Wildman–Crippen MR) is 68.4 cm³/mol. The molecule has 0 amide bonds. The van der Waals surface area contributed by atoms with Crippen molar-refractivity contribution in [2.75, 3.05) is 0 Å². The minimum Gasteiger partial charge on any atom is -0.311 e. The van der Waals surface area contributed by atoms with E-state index in [4.69, 9.17) is 0 Å². The zero-order valence-corrected chi connectivity index (χ0v) is 11.0. The summed E-state index contributed by atoms with van der Waals surface area (Å²) in [4.78, 5) is 11.7. The molecule has 0 bridgehead atoms. The number of allylic oxidation sites excluding steroid dienone is 2. The van der Waals surface area contributed by atoms with Crippen molar-refractivity contribution in [3.8, 4) is 0 Å². The number of piperidine rings is 1. The molecular weight excluding hydrogens is 198 g/mol. The molecule has 92 valence electrons. The van der Waals surface area contributed by atoms with Gasteiger partial charge in [-0.2, -0.15) is 0 Å². The van der Waals surface area contributed by atoms with Crippen LogP contribution in [-0.2, 0) is 4.79 Å². The van der Waals surface area contributed by atoms with Crippen molar-refractivity contribution in [1.29, 1.82) is 0 Å². The molecule has 0 spiro atoms. The van der Waals surface area contributed by atoms with Gasteiger partial charge in [0.1, 0.15) is 0 Å². The van der Waals surface area contributed by atoms with E-state index in [1.54, 1.807) is 6.08 Å². The Bertz CT molecular complexity index is 257. The maximum atomic E-state index is 11.7. The number of carbonyl (C=O) groups excluding carboxylic acids is 1. The van der Waals surface area contributed by atoms with Gasteiger partial charge in [-0.3, -0.25) is 4.79 Å². The quantitative estimate of drug-likeness (QED) is 0.742. The number of carbonyl (C=O) groups is 1. The summed E-state index contributed by atoms with van der Waals surface area (Å²) >= 11 is 0. The maximum Gasteiger partial charge on any atom is 0.156 e. The largest absolute Gasteiger partial charge is 0.311 e. The van der Waals surface area contributed by atoms with Crippen LogP contribution in [0.5, 0.6) is 0 Å². The van der Waals surface area contributed by atoms with Gasteiger partial charge in [-0.25, -0.2) is 0 Å². The summed E-state index contributed by atoms with van der Waals surface area (Å²) in [6, 6.07) is 0.927. The standard InChI is InChI=1S/C14H25NO/c1-10(2)5-8-13(16)9-14-11(3)6-7-12(4)15-14/h5,8,10-12,14-15H,6-7,9H2,1-4H3/b8-5+/t11-,12-,14+/m1/s1. The van der Waals surface area contributed by atoms with Gasteiger partial charge >= 0.3 is 0 Å². The van der Waals surface area contributed by atoms with Gasteiger partial charge in [0.05, 0.1) is 0 Å². The SMILES string of the molecule is CC(C)/C=C/C(=O)C[C@@H]1N[C@H](C)CC[C@H]1C. The van der Waals surface area contributed by atoms with Gasteiger partial charge in [0.2, 0.25) is 0 Å². The summed E-state index contributed by atoms with van der Waals surface area (Å²) in [6.07, 6.45) is 6.85. The number of ketones is 1. The van der Waals surface area contributed by atoms with Crippen LogP contribution in [0.3, 0.4) is 0 Å². The van der Waals surface area contributed by atoms with E-state index in [-0.39, 0.29) is 5.78 Å². The lowest BCUT2D eigenvalue weighted by Gasteiger charge is -2.33. The Balaban J connectivity index is 2.43. The first-order chi connectivity index (χ1) is 7.49. The molecule has 0 radical (unpaired) electrons. The third-order valence-electron chi connectivity index (χ3n) is 3.33. The normalized spacial score (nSPS) is 31.2. The summed E-state index contributed by atoms with van der Waals surface area (Å²) in [7, 11) is 0. The van der Waals surface area contributed by atoms with Crippen LogP contribution in [0.2, 0.25) is 0 Å².